The fourth-order valence-corrected chi connectivity index (χ4v) is 6.93. The standard InChI is InChI=1S/C42H40N2.C12H16.C2H6/c1-5-30(2)23-36-17-8-10-19-41(36)43-39-27-33(14-12-18-34-15-7-6-13-32(34)4)26-38(28-39)37-24-31(3)25-40(29-37)44-22-21-35-16-9-11-20-42(35)44;1-3-4-5-9-12-10-7-6-8-11(12)2;1-2/h6-13,15-29,43H,5,14H2,1-4H3;5-10H,3-4H2,1-2H3;1-2H3/b18-12-,30-23?;9-5-;. The number of unbranched alkanes of at least 4 members (excludes halogenated alkanes) is 1. The summed E-state index contributed by atoms with van der Waals surface area (Å²) >= 11 is 0. The van der Waals surface area contributed by atoms with Crippen molar-refractivity contribution in [1.29, 1.82) is 0 Å². The molecule has 7 rings (SSSR count). The van der Waals surface area contributed by atoms with E-state index < -0.39 is 0 Å². The quantitative estimate of drug-likeness (QED) is 0.131. The summed E-state index contributed by atoms with van der Waals surface area (Å²) in [6, 6.07) is 50.1. The van der Waals surface area contributed by atoms with E-state index >= 15 is 0 Å². The largest absolute Gasteiger partial charge is 0.355 e. The highest BCUT2D eigenvalue weighted by Gasteiger charge is 2.10. The van der Waals surface area contributed by atoms with Crippen LogP contribution in [-0.2, 0) is 6.42 Å². The third kappa shape index (κ3) is 11.9. The fourth-order valence-electron chi connectivity index (χ4n) is 6.93. The van der Waals surface area contributed by atoms with Crippen molar-refractivity contribution in [3.8, 4) is 16.8 Å². The van der Waals surface area contributed by atoms with Crippen LogP contribution in [0.4, 0.5) is 11.4 Å². The smallest absolute Gasteiger partial charge is 0.0528 e. The van der Waals surface area contributed by atoms with Crippen LogP contribution in [0.3, 0.4) is 0 Å². The van der Waals surface area contributed by atoms with Crippen molar-refractivity contribution < 1.29 is 0 Å². The molecule has 0 aliphatic rings. The number of hydrogen-bond donors (Lipinski definition) is 1. The van der Waals surface area contributed by atoms with Crippen molar-refractivity contribution in [2.45, 2.75) is 81.1 Å². The number of hydrogen-bond acceptors (Lipinski definition) is 1. The minimum Gasteiger partial charge on any atom is -0.355 e. The second kappa shape index (κ2) is 22.0. The van der Waals surface area contributed by atoms with Gasteiger partial charge in [-0.1, -0.05) is 167 Å². The van der Waals surface area contributed by atoms with Crippen molar-refractivity contribution >= 4 is 40.5 Å². The van der Waals surface area contributed by atoms with Crippen LogP contribution in [0, 0.1) is 20.8 Å². The first-order chi connectivity index (χ1) is 28.3. The van der Waals surface area contributed by atoms with E-state index in [1.165, 1.54) is 85.1 Å². The Morgan fingerprint density at radius 1 is 0.621 bits per heavy atom. The van der Waals surface area contributed by atoms with Crippen LogP contribution in [0.1, 0.15) is 92.8 Å². The highest BCUT2D eigenvalue weighted by molar-refractivity contribution is 5.83. The number of nitrogens with one attached hydrogen (secondary N) is 1. The third-order valence-corrected chi connectivity index (χ3v) is 10.2. The maximum atomic E-state index is 3.78. The molecule has 7 aromatic rings. The van der Waals surface area contributed by atoms with Gasteiger partial charge in [-0.05, 0) is 145 Å². The normalized spacial score (nSPS) is 11.3. The Morgan fingerprint density at radius 3 is 1.93 bits per heavy atom. The molecule has 1 heterocycles. The van der Waals surface area contributed by atoms with Gasteiger partial charge in [-0.25, -0.2) is 0 Å². The lowest BCUT2D eigenvalue weighted by Crippen LogP contribution is -1.97. The van der Waals surface area contributed by atoms with Gasteiger partial charge in [-0.15, -0.1) is 0 Å². The predicted molar refractivity (Wildman–Crippen MR) is 258 cm³/mol. The van der Waals surface area contributed by atoms with Crippen molar-refractivity contribution in [3.05, 3.63) is 202 Å². The summed E-state index contributed by atoms with van der Waals surface area (Å²) in [5, 5.41) is 5.02. The molecule has 0 atom stereocenters. The van der Waals surface area contributed by atoms with E-state index in [0.717, 1.165) is 24.2 Å². The lowest BCUT2D eigenvalue weighted by molar-refractivity contribution is 0.962. The third-order valence-electron chi connectivity index (χ3n) is 10.2. The molecule has 2 nitrogen and oxygen atoms in total. The first-order valence-corrected chi connectivity index (χ1v) is 21.1. The molecule has 1 N–H and O–H groups in total. The molecular weight excluding hydrogens is 701 g/mol. The van der Waals surface area contributed by atoms with Gasteiger partial charge in [0.1, 0.15) is 0 Å². The number of allylic oxidation sites excluding steroid dienone is 3. The molecule has 0 radical (unpaired) electrons. The highest BCUT2D eigenvalue weighted by Crippen LogP contribution is 2.32. The van der Waals surface area contributed by atoms with E-state index in [1.54, 1.807) is 0 Å². The highest BCUT2D eigenvalue weighted by atomic mass is 15.0. The van der Waals surface area contributed by atoms with E-state index in [-0.39, 0.29) is 0 Å². The van der Waals surface area contributed by atoms with Crippen molar-refractivity contribution in [2.24, 2.45) is 0 Å². The van der Waals surface area contributed by atoms with E-state index in [4.69, 9.17) is 0 Å². The Kier molecular flexibility index (Phi) is 16.3. The van der Waals surface area contributed by atoms with Crippen molar-refractivity contribution in [1.82, 2.24) is 4.57 Å². The molecule has 296 valence electrons. The van der Waals surface area contributed by atoms with Gasteiger partial charge < -0.3 is 9.88 Å². The minimum atomic E-state index is 0.842. The molecule has 58 heavy (non-hydrogen) atoms. The summed E-state index contributed by atoms with van der Waals surface area (Å²) < 4.78 is 2.29. The zero-order valence-corrected chi connectivity index (χ0v) is 36.0. The Bertz CT molecular complexity index is 2470. The van der Waals surface area contributed by atoms with Gasteiger partial charge in [-0.3, -0.25) is 0 Å². The number of benzene rings is 6. The van der Waals surface area contributed by atoms with Crippen LogP contribution >= 0.6 is 0 Å². The van der Waals surface area contributed by atoms with E-state index in [1.807, 2.05) is 13.8 Å². The van der Waals surface area contributed by atoms with Gasteiger partial charge in [0.2, 0.25) is 0 Å². The molecule has 1 aromatic heterocycles. The van der Waals surface area contributed by atoms with Gasteiger partial charge in [0.25, 0.3) is 0 Å². The topological polar surface area (TPSA) is 17.0 Å². The Morgan fingerprint density at radius 2 is 1.24 bits per heavy atom. The Balaban J connectivity index is 0.000000390. The summed E-state index contributed by atoms with van der Waals surface area (Å²) in [5.41, 5.74) is 17.3. The summed E-state index contributed by atoms with van der Waals surface area (Å²) in [7, 11) is 0. The molecule has 0 saturated heterocycles. The molecule has 2 heteroatoms. The number of nitrogens with zero attached hydrogens (tertiary/aromatic N) is 1. The number of aryl methyl sites for hydroxylation is 3. The average molecular weight is 763 g/mol. The first-order valence-electron chi connectivity index (χ1n) is 21.1. The van der Waals surface area contributed by atoms with Crippen LogP contribution < -0.4 is 5.32 Å². The maximum absolute atomic E-state index is 3.78. The van der Waals surface area contributed by atoms with Gasteiger partial charge >= 0.3 is 0 Å². The summed E-state index contributed by atoms with van der Waals surface area (Å²) in [4.78, 5) is 0. The predicted octanol–water partition coefficient (Wildman–Crippen LogP) is 16.6. The molecule has 0 amide bonds. The molecular formula is C56H62N2. The number of aromatic nitrogens is 1. The van der Waals surface area contributed by atoms with Gasteiger partial charge in [0.15, 0.2) is 0 Å². The van der Waals surface area contributed by atoms with E-state index in [9.17, 15) is 0 Å². The summed E-state index contributed by atoms with van der Waals surface area (Å²) in [6.07, 6.45) is 17.7. The molecule has 0 unspecified atom stereocenters. The molecule has 0 saturated carbocycles. The van der Waals surface area contributed by atoms with Gasteiger partial charge in [0.05, 0.1) is 5.52 Å². The van der Waals surface area contributed by atoms with Crippen LogP contribution in [0.25, 0.3) is 45.9 Å². The number of fused-ring (bicyclic) bond motifs is 1. The van der Waals surface area contributed by atoms with Crippen LogP contribution in [0.15, 0.2) is 163 Å². The van der Waals surface area contributed by atoms with Crippen molar-refractivity contribution in [2.75, 3.05) is 5.32 Å². The molecule has 0 aliphatic heterocycles. The Labute approximate surface area is 349 Å². The van der Waals surface area contributed by atoms with Gasteiger partial charge in [0, 0.05) is 23.3 Å². The first kappa shape index (κ1) is 43.0. The molecule has 0 bridgehead atoms. The van der Waals surface area contributed by atoms with Crippen LogP contribution in [0.2, 0.25) is 0 Å². The molecule has 0 spiro atoms. The monoisotopic (exact) mass is 762 g/mol. The summed E-state index contributed by atoms with van der Waals surface area (Å²) in [6.45, 7) is 17.1. The molecule has 6 aromatic carbocycles. The second-order valence-electron chi connectivity index (χ2n) is 14.8. The fraction of sp³-hybridized carbons (Fsp3) is 0.214. The van der Waals surface area contributed by atoms with E-state index in [0.29, 0.717) is 0 Å². The zero-order valence-electron chi connectivity index (χ0n) is 36.0. The second-order valence-corrected chi connectivity index (χ2v) is 14.8. The SMILES string of the molecule is CC.CCC(C)=Cc1ccccc1Nc1cc(C/C=C\c2ccccc2C)cc(-c2cc(C)cc(-n3ccc4ccccc43)c2)c1.CCC/C=C\c1ccccc1C. The lowest BCUT2D eigenvalue weighted by atomic mass is 9.97. The number of anilines is 2. The minimum absolute atomic E-state index is 0.842. The average Bonchev–Trinajstić information content (AvgIpc) is 3.68. The lowest BCUT2D eigenvalue weighted by Gasteiger charge is -2.15. The zero-order chi connectivity index (χ0) is 41.3. The van der Waals surface area contributed by atoms with Crippen LogP contribution in [0.5, 0.6) is 0 Å². The van der Waals surface area contributed by atoms with Crippen LogP contribution in [-0.4, -0.2) is 4.57 Å². The summed E-state index contributed by atoms with van der Waals surface area (Å²) in [5.74, 6) is 0. The molecule has 0 aliphatic carbocycles. The van der Waals surface area contributed by atoms with E-state index in [2.05, 4.69) is 228 Å². The van der Waals surface area contributed by atoms with Gasteiger partial charge in [-0.2, -0.15) is 0 Å². The Hall–Kier alpha value is -6.12. The number of rotatable bonds is 12. The maximum Gasteiger partial charge on any atom is 0.0528 e. The number of para-hydroxylation sites is 2. The van der Waals surface area contributed by atoms with Crippen molar-refractivity contribution in [3.63, 3.8) is 0 Å². The molecule has 0 fully saturated rings.